The van der Waals surface area contributed by atoms with Crippen LogP contribution in [0.2, 0.25) is 0 Å². The number of anilines is 1. The first-order valence-electron chi connectivity index (χ1n) is 8.13. The Bertz CT molecular complexity index is 804. The van der Waals surface area contributed by atoms with Crippen LogP contribution in [0.3, 0.4) is 0 Å². The van der Waals surface area contributed by atoms with Crippen molar-refractivity contribution in [2.45, 2.75) is 36.8 Å². The molecule has 1 saturated heterocycles. The SMILES string of the molecule is CC(C)S(=O)(=O)Nc1ccc(S(=O)(=O)NCC2CCCNC2)cc1F. The third kappa shape index (κ3) is 5.37. The third-order valence-electron chi connectivity index (χ3n) is 4.08. The van der Waals surface area contributed by atoms with Gasteiger partial charge in [0.1, 0.15) is 5.82 Å². The van der Waals surface area contributed by atoms with Gasteiger partial charge in [-0.3, -0.25) is 4.72 Å². The zero-order valence-electron chi connectivity index (χ0n) is 14.2. The molecule has 1 unspecified atom stereocenters. The predicted molar refractivity (Wildman–Crippen MR) is 94.9 cm³/mol. The van der Waals surface area contributed by atoms with Gasteiger partial charge in [-0.15, -0.1) is 0 Å². The molecule has 1 aromatic rings. The maximum atomic E-state index is 14.1. The average Bonchev–Trinajstić information content (AvgIpc) is 2.55. The highest BCUT2D eigenvalue weighted by atomic mass is 32.2. The first-order valence-corrected chi connectivity index (χ1v) is 11.2. The van der Waals surface area contributed by atoms with Gasteiger partial charge in [-0.05, 0) is 63.9 Å². The second-order valence-corrected chi connectivity index (χ2v) is 10.4. The zero-order chi connectivity index (χ0) is 18.7. The molecule has 3 N–H and O–H groups in total. The van der Waals surface area contributed by atoms with E-state index >= 15 is 0 Å². The third-order valence-corrected chi connectivity index (χ3v) is 7.25. The van der Waals surface area contributed by atoms with Crippen LogP contribution in [0.15, 0.2) is 23.1 Å². The van der Waals surface area contributed by atoms with Gasteiger partial charge in [-0.2, -0.15) is 0 Å². The molecule has 25 heavy (non-hydrogen) atoms. The Morgan fingerprint density at radius 2 is 2.00 bits per heavy atom. The Balaban J connectivity index is 2.10. The highest BCUT2D eigenvalue weighted by molar-refractivity contribution is 7.93. The lowest BCUT2D eigenvalue weighted by molar-refractivity contribution is 0.376. The number of rotatable bonds is 7. The molecular formula is C15H24FN3O4S2. The number of halogens is 1. The fraction of sp³-hybridized carbons (Fsp3) is 0.600. The van der Waals surface area contributed by atoms with Crippen LogP contribution in [-0.4, -0.2) is 41.7 Å². The van der Waals surface area contributed by atoms with E-state index in [-0.39, 0.29) is 23.0 Å². The van der Waals surface area contributed by atoms with Crippen LogP contribution in [-0.2, 0) is 20.0 Å². The van der Waals surface area contributed by atoms with E-state index in [1.807, 2.05) is 0 Å². The summed E-state index contributed by atoms with van der Waals surface area (Å²) in [5.74, 6) is -0.739. The van der Waals surface area contributed by atoms with Gasteiger partial charge in [-0.1, -0.05) is 0 Å². The molecule has 0 radical (unpaired) electrons. The Kier molecular flexibility index (Phi) is 6.41. The highest BCUT2D eigenvalue weighted by Crippen LogP contribution is 2.21. The van der Waals surface area contributed by atoms with Crippen molar-refractivity contribution in [2.24, 2.45) is 5.92 Å². The topological polar surface area (TPSA) is 104 Å². The summed E-state index contributed by atoms with van der Waals surface area (Å²) in [4.78, 5) is -0.235. The molecule has 10 heteroatoms. The predicted octanol–water partition coefficient (Wildman–Crippen LogP) is 1.25. The molecule has 1 aromatic carbocycles. The van der Waals surface area contributed by atoms with Crippen molar-refractivity contribution in [1.82, 2.24) is 10.0 Å². The average molecular weight is 394 g/mol. The summed E-state index contributed by atoms with van der Waals surface area (Å²) in [5, 5.41) is 2.46. The normalized spacial score (nSPS) is 19.1. The quantitative estimate of drug-likeness (QED) is 0.647. The van der Waals surface area contributed by atoms with E-state index in [0.29, 0.717) is 0 Å². The van der Waals surface area contributed by atoms with E-state index in [0.717, 1.165) is 38.1 Å². The monoisotopic (exact) mass is 393 g/mol. The van der Waals surface area contributed by atoms with Gasteiger partial charge in [0.05, 0.1) is 15.8 Å². The van der Waals surface area contributed by atoms with Gasteiger partial charge in [0, 0.05) is 6.54 Å². The van der Waals surface area contributed by atoms with Crippen molar-refractivity contribution in [2.75, 3.05) is 24.4 Å². The van der Waals surface area contributed by atoms with Crippen LogP contribution in [0.5, 0.6) is 0 Å². The molecule has 0 aromatic heterocycles. The number of hydrogen-bond acceptors (Lipinski definition) is 5. The molecule has 1 heterocycles. The van der Waals surface area contributed by atoms with Crippen molar-refractivity contribution in [3.8, 4) is 0 Å². The first kappa shape index (κ1) is 20.1. The van der Waals surface area contributed by atoms with Crippen LogP contribution < -0.4 is 14.8 Å². The lowest BCUT2D eigenvalue weighted by atomic mass is 10.0. The highest BCUT2D eigenvalue weighted by Gasteiger charge is 2.22. The lowest BCUT2D eigenvalue weighted by Gasteiger charge is -2.22. The summed E-state index contributed by atoms with van der Waals surface area (Å²) in [5.41, 5.74) is -0.274. The van der Waals surface area contributed by atoms with Gasteiger partial charge in [0.15, 0.2) is 0 Å². The molecule has 0 aliphatic carbocycles. The van der Waals surface area contributed by atoms with Crippen molar-refractivity contribution in [3.63, 3.8) is 0 Å². The number of piperidine rings is 1. The maximum Gasteiger partial charge on any atom is 0.240 e. The Morgan fingerprint density at radius 1 is 1.28 bits per heavy atom. The minimum Gasteiger partial charge on any atom is -0.316 e. The number of benzene rings is 1. The van der Waals surface area contributed by atoms with Crippen LogP contribution in [0.25, 0.3) is 0 Å². The smallest absolute Gasteiger partial charge is 0.240 e. The van der Waals surface area contributed by atoms with E-state index < -0.39 is 31.1 Å². The molecule has 0 bridgehead atoms. The molecule has 1 aliphatic rings. The molecule has 1 aliphatic heterocycles. The van der Waals surface area contributed by atoms with Gasteiger partial charge < -0.3 is 5.32 Å². The van der Waals surface area contributed by atoms with Crippen LogP contribution in [0.1, 0.15) is 26.7 Å². The number of hydrogen-bond donors (Lipinski definition) is 3. The van der Waals surface area contributed by atoms with Gasteiger partial charge >= 0.3 is 0 Å². The summed E-state index contributed by atoms with van der Waals surface area (Å²) < 4.78 is 66.9. The number of nitrogens with one attached hydrogen (secondary N) is 3. The van der Waals surface area contributed by atoms with E-state index in [1.165, 1.54) is 19.9 Å². The molecule has 1 atom stereocenters. The maximum absolute atomic E-state index is 14.1. The second kappa shape index (κ2) is 7.98. The van der Waals surface area contributed by atoms with E-state index in [1.54, 1.807) is 0 Å². The van der Waals surface area contributed by atoms with Gasteiger partial charge in [0.25, 0.3) is 0 Å². The molecule has 1 fully saturated rings. The molecule has 0 spiro atoms. The van der Waals surface area contributed by atoms with Crippen molar-refractivity contribution in [3.05, 3.63) is 24.0 Å². The van der Waals surface area contributed by atoms with Crippen LogP contribution in [0.4, 0.5) is 10.1 Å². The zero-order valence-corrected chi connectivity index (χ0v) is 15.9. The van der Waals surface area contributed by atoms with Gasteiger partial charge in [-0.25, -0.2) is 25.9 Å². The van der Waals surface area contributed by atoms with E-state index in [9.17, 15) is 21.2 Å². The van der Waals surface area contributed by atoms with E-state index in [4.69, 9.17) is 0 Å². The Hall–Kier alpha value is -1.23. The second-order valence-electron chi connectivity index (χ2n) is 6.40. The fourth-order valence-electron chi connectivity index (χ4n) is 2.43. The molecule has 0 amide bonds. The molecule has 0 saturated carbocycles. The molecule has 7 nitrogen and oxygen atoms in total. The minimum atomic E-state index is -3.85. The molecule has 142 valence electrons. The van der Waals surface area contributed by atoms with E-state index in [2.05, 4.69) is 14.8 Å². The lowest BCUT2D eigenvalue weighted by Crippen LogP contribution is -2.38. The largest absolute Gasteiger partial charge is 0.316 e. The summed E-state index contributed by atoms with van der Waals surface area (Å²) in [6, 6.07) is 3.12. The Morgan fingerprint density at radius 3 is 2.56 bits per heavy atom. The summed E-state index contributed by atoms with van der Waals surface area (Å²) in [7, 11) is -7.56. The van der Waals surface area contributed by atoms with Crippen molar-refractivity contribution in [1.29, 1.82) is 0 Å². The molecule has 2 rings (SSSR count). The summed E-state index contributed by atoms with van der Waals surface area (Å²) in [6.45, 7) is 4.87. The van der Waals surface area contributed by atoms with Crippen molar-refractivity contribution >= 4 is 25.7 Å². The van der Waals surface area contributed by atoms with Crippen molar-refractivity contribution < 1.29 is 21.2 Å². The number of sulfonamides is 2. The Labute approximate surface area is 148 Å². The molecular weight excluding hydrogens is 369 g/mol. The van der Waals surface area contributed by atoms with Crippen LogP contribution >= 0.6 is 0 Å². The first-order chi connectivity index (χ1) is 11.6. The summed E-state index contributed by atoms with van der Waals surface area (Å²) >= 11 is 0. The fourth-order valence-corrected chi connectivity index (χ4v) is 4.26. The summed E-state index contributed by atoms with van der Waals surface area (Å²) in [6.07, 6.45) is 1.92. The minimum absolute atomic E-state index is 0.200. The standard InChI is InChI=1S/C15H24FN3O4S2/c1-11(2)24(20,21)19-15-6-5-13(8-14(15)16)25(22,23)18-10-12-4-3-7-17-9-12/h5-6,8,11-12,17-19H,3-4,7,9-10H2,1-2H3. The van der Waals surface area contributed by atoms with Crippen LogP contribution in [0, 0.1) is 11.7 Å². The van der Waals surface area contributed by atoms with Gasteiger partial charge in [0.2, 0.25) is 20.0 Å².